The first-order chi connectivity index (χ1) is 15.7. The number of ether oxygens (including phenoxy) is 1. The van der Waals surface area contributed by atoms with Gasteiger partial charge in [-0.05, 0) is 36.2 Å². The minimum Gasteiger partial charge on any atom is -0.497 e. The van der Waals surface area contributed by atoms with Gasteiger partial charge in [0.25, 0.3) is 0 Å². The number of nitrogens with one attached hydrogen (secondary N) is 2. The molecule has 1 aromatic heterocycles. The molecule has 0 bridgehead atoms. The zero-order valence-corrected chi connectivity index (χ0v) is 18.9. The highest BCUT2D eigenvalue weighted by Gasteiger charge is 2.18. The number of anilines is 3. The number of benzene rings is 3. The zero-order chi connectivity index (χ0) is 22.3. The summed E-state index contributed by atoms with van der Waals surface area (Å²) in [6, 6.07) is 25.4. The van der Waals surface area contributed by atoms with E-state index in [1.807, 2.05) is 91.2 Å². The number of hydrogen-bond donors (Lipinski definition) is 2. The normalized spacial score (nSPS) is 11.6. The average molecular weight is 444 g/mol. The van der Waals surface area contributed by atoms with E-state index in [1.54, 1.807) is 7.11 Å². The summed E-state index contributed by atoms with van der Waals surface area (Å²) < 4.78 is 5.27. The quantitative estimate of drug-likeness (QED) is 0.318. The number of amides is 1. The second-order valence-electron chi connectivity index (χ2n) is 7.33. The van der Waals surface area contributed by atoms with Crippen LogP contribution in [0.2, 0.25) is 0 Å². The summed E-state index contributed by atoms with van der Waals surface area (Å²) in [5.41, 5.74) is 4.61. The summed E-state index contributed by atoms with van der Waals surface area (Å²) >= 11 is 1.54. The largest absolute Gasteiger partial charge is 0.497 e. The first-order valence-corrected chi connectivity index (χ1v) is 11.4. The molecule has 0 saturated heterocycles. The SMILES string of the molecule is CC[C@@H](C(=O)Nc1ccc(-c2csc(Nc3cccc(OC)c3)n2)cc1)c1ccccc1. The Labute approximate surface area is 192 Å². The number of rotatable bonds is 8. The first-order valence-electron chi connectivity index (χ1n) is 10.5. The van der Waals surface area contributed by atoms with Gasteiger partial charge in [-0.15, -0.1) is 11.3 Å². The number of carbonyl (C=O) groups excluding carboxylic acids is 1. The van der Waals surface area contributed by atoms with Crippen molar-refractivity contribution in [2.45, 2.75) is 19.3 Å². The molecule has 1 heterocycles. The van der Waals surface area contributed by atoms with Crippen LogP contribution in [0.4, 0.5) is 16.5 Å². The van der Waals surface area contributed by atoms with Crippen molar-refractivity contribution in [1.82, 2.24) is 4.98 Å². The maximum Gasteiger partial charge on any atom is 0.231 e. The number of aromatic nitrogens is 1. The molecule has 0 fully saturated rings. The van der Waals surface area contributed by atoms with E-state index in [1.165, 1.54) is 11.3 Å². The van der Waals surface area contributed by atoms with Crippen molar-refractivity contribution in [2.24, 2.45) is 0 Å². The van der Waals surface area contributed by atoms with Crippen molar-refractivity contribution in [1.29, 1.82) is 0 Å². The summed E-state index contributed by atoms with van der Waals surface area (Å²) in [6.07, 6.45) is 0.746. The lowest BCUT2D eigenvalue weighted by molar-refractivity contribution is -0.117. The van der Waals surface area contributed by atoms with E-state index >= 15 is 0 Å². The molecule has 1 amide bonds. The predicted octanol–water partition coefficient (Wildman–Crippen LogP) is 6.69. The molecular weight excluding hydrogens is 418 g/mol. The molecule has 32 heavy (non-hydrogen) atoms. The topological polar surface area (TPSA) is 63.2 Å². The van der Waals surface area contributed by atoms with Crippen molar-refractivity contribution in [3.8, 4) is 17.0 Å². The van der Waals surface area contributed by atoms with Crippen molar-refractivity contribution >= 4 is 33.8 Å². The molecule has 0 unspecified atom stereocenters. The van der Waals surface area contributed by atoms with Gasteiger partial charge in [-0.1, -0.05) is 55.5 Å². The summed E-state index contributed by atoms with van der Waals surface area (Å²) in [6.45, 7) is 2.03. The Morgan fingerprint density at radius 3 is 2.50 bits per heavy atom. The van der Waals surface area contributed by atoms with Gasteiger partial charge in [0.05, 0.1) is 18.7 Å². The fourth-order valence-corrected chi connectivity index (χ4v) is 4.24. The minimum atomic E-state index is -0.167. The van der Waals surface area contributed by atoms with Crippen LogP contribution in [-0.4, -0.2) is 18.0 Å². The van der Waals surface area contributed by atoms with Gasteiger partial charge in [-0.25, -0.2) is 4.98 Å². The zero-order valence-electron chi connectivity index (χ0n) is 18.0. The van der Waals surface area contributed by atoms with Crippen LogP contribution in [0, 0.1) is 0 Å². The summed E-state index contributed by atoms with van der Waals surface area (Å²) in [5, 5.41) is 9.17. The third-order valence-corrected chi connectivity index (χ3v) is 5.96. The van der Waals surface area contributed by atoms with E-state index in [0.717, 1.165) is 45.5 Å². The van der Waals surface area contributed by atoms with E-state index in [0.29, 0.717) is 0 Å². The van der Waals surface area contributed by atoms with Gasteiger partial charge in [0.15, 0.2) is 5.13 Å². The van der Waals surface area contributed by atoms with E-state index < -0.39 is 0 Å². The van der Waals surface area contributed by atoms with Gasteiger partial charge in [-0.2, -0.15) is 0 Å². The molecule has 6 heteroatoms. The van der Waals surface area contributed by atoms with Gasteiger partial charge < -0.3 is 15.4 Å². The molecule has 2 N–H and O–H groups in total. The third-order valence-electron chi connectivity index (χ3n) is 5.20. The van der Waals surface area contributed by atoms with E-state index in [4.69, 9.17) is 4.74 Å². The van der Waals surface area contributed by atoms with Crippen molar-refractivity contribution in [3.63, 3.8) is 0 Å². The van der Waals surface area contributed by atoms with E-state index in [9.17, 15) is 4.79 Å². The molecule has 0 aliphatic heterocycles. The lowest BCUT2D eigenvalue weighted by atomic mass is 9.95. The lowest BCUT2D eigenvalue weighted by Crippen LogP contribution is -2.20. The van der Waals surface area contributed by atoms with Crippen LogP contribution in [0.25, 0.3) is 11.3 Å². The number of hydrogen-bond acceptors (Lipinski definition) is 5. The molecule has 0 aliphatic carbocycles. The van der Waals surface area contributed by atoms with Crippen LogP contribution in [0.1, 0.15) is 24.8 Å². The molecule has 162 valence electrons. The molecule has 3 aromatic carbocycles. The average Bonchev–Trinajstić information content (AvgIpc) is 3.29. The molecular formula is C26H25N3O2S. The van der Waals surface area contributed by atoms with Crippen LogP contribution in [-0.2, 0) is 4.79 Å². The Morgan fingerprint density at radius 1 is 1.00 bits per heavy atom. The lowest BCUT2D eigenvalue weighted by Gasteiger charge is -2.15. The number of carbonyl (C=O) groups is 1. The van der Waals surface area contributed by atoms with Crippen LogP contribution in [0.5, 0.6) is 5.75 Å². The molecule has 0 aliphatic rings. The van der Waals surface area contributed by atoms with E-state index in [-0.39, 0.29) is 11.8 Å². The summed E-state index contributed by atoms with van der Waals surface area (Å²) in [4.78, 5) is 17.5. The highest BCUT2D eigenvalue weighted by molar-refractivity contribution is 7.14. The van der Waals surface area contributed by atoms with E-state index in [2.05, 4.69) is 15.6 Å². The van der Waals surface area contributed by atoms with Crippen LogP contribution < -0.4 is 15.4 Å². The molecule has 4 aromatic rings. The van der Waals surface area contributed by atoms with Gasteiger partial charge in [0, 0.05) is 28.4 Å². The van der Waals surface area contributed by atoms with Crippen molar-refractivity contribution < 1.29 is 9.53 Å². The van der Waals surface area contributed by atoms with Crippen molar-refractivity contribution in [3.05, 3.63) is 89.8 Å². The molecule has 5 nitrogen and oxygen atoms in total. The third kappa shape index (κ3) is 5.15. The van der Waals surface area contributed by atoms with Gasteiger partial charge >= 0.3 is 0 Å². The second-order valence-corrected chi connectivity index (χ2v) is 8.19. The first kappa shape index (κ1) is 21.6. The van der Waals surface area contributed by atoms with Gasteiger partial charge in [0.1, 0.15) is 5.75 Å². The predicted molar refractivity (Wildman–Crippen MR) is 132 cm³/mol. The molecule has 0 spiro atoms. The standard InChI is InChI=1S/C26H25N3O2S/c1-3-23(18-8-5-4-6-9-18)25(30)27-20-14-12-19(13-15-20)24-17-32-26(29-24)28-21-10-7-11-22(16-21)31-2/h4-17,23H,3H2,1-2H3,(H,27,30)(H,28,29)/t23-/m1/s1. The van der Waals surface area contributed by atoms with Gasteiger partial charge in [0.2, 0.25) is 5.91 Å². The van der Waals surface area contributed by atoms with Crippen LogP contribution in [0.15, 0.2) is 84.2 Å². The monoisotopic (exact) mass is 443 g/mol. The van der Waals surface area contributed by atoms with Crippen LogP contribution >= 0.6 is 11.3 Å². The maximum atomic E-state index is 12.8. The summed E-state index contributed by atoms with van der Waals surface area (Å²) in [5.74, 6) is 0.631. The Bertz CT molecular complexity index is 1170. The van der Waals surface area contributed by atoms with Crippen LogP contribution in [0.3, 0.4) is 0 Å². The maximum absolute atomic E-state index is 12.8. The molecule has 4 rings (SSSR count). The molecule has 0 saturated carbocycles. The number of thiazole rings is 1. The Kier molecular flexibility index (Phi) is 6.82. The fraction of sp³-hybridized carbons (Fsp3) is 0.154. The molecule has 0 radical (unpaired) electrons. The smallest absolute Gasteiger partial charge is 0.231 e. The highest BCUT2D eigenvalue weighted by Crippen LogP contribution is 2.29. The summed E-state index contributed by atoms with van der Waals surface area (Å²) in [7, 11) is 1.65. The number of nitrogens with zero attached hydrogens (tertiary/aromatic N) is 1. The van der Waals surface area contributed by atoms with Crippen molar-refractivity contribution in [2.75, 3.05) is 17.7 Å². The Hall–Kier alpha value is -3.64. The highest BCUT2D eigenvalue weighted by atomic mass is 32.1. The Balaban J connectivity index is 1.42. The second kappa shape index (κ2) is 10.1. The fourth-order valence-electron chi connectivity index (χ4n) is 3.50. The van der Waals surface area contributed by atoms with Gasteiger partial charge in [-0.3, -0.25) is 4.79 Å². The number of methoxy groups -OCH3 is 1. The Morgan fingerprint density at radius 2 is 1.78 bits per heavy atom. The molecule has 1 atom stereocenters. The minimum absolute atomic E-state index is 0.00452.